The van der Waals surface area contributed by atoms with Crippen LogP contribution < -0.4 is 5.32 Å². The Labute approximate surface area is 125 Å². The van der Waals surface area contributed by atoms with Crippen molar-refractivity contribution in [1.29, 1.82) is 5.26 Å². The van der Waals surface area contributed by atoms with Crippen LogP contribution in [0.15, 0.2) is 48.7 Å². The zero-order valence-electron chi connectivity index (χ0n) is 12.1. The summed E-state index contributed by atoms with van der Waals surface area (Å²) < 4.78 is 5.81. The van der Waals surface area contributed by atoms with E-state index in [0.29, 0.717) is 12.3 Å². The highest BCUT2D eigenvalue weighted by molar-refractivity contribution is 5.45. The van der Waals surface area contributed by atoms with Gasteiger partial charge in [0.1, 0.15) is 11.8 Å². The number of nitrogens with zero attached hydrogens (tertiary/aromatic N) is 2. The monoisotopic (exact) mass is 281 g/mol. The van der Waals surface area contributed by atoms with Crippen LogP contribution in [0.1, 0.15) is 30.7 Å². The number of rotatable bonds is 7. The summed E-state index contributed by atoms with van der Waals surface area (Å²) >= 11 is 0. The molecule has 0 aliphatic heterocycles. The van der Waals surface area contributed by atoms with E-state index in [1.54, 1.807) is 12.3 Å². The molecule has 4 nitrogen and oxygen atoms in total. The molecule has 2 rings (SSSR count). The van der Waals surface area contributed by atoms with Crippen molar-refractivity contribution in [3.8, 4) is 6.07 Å². The van der Waals surface area contributed by atoms with Gasteiger partial charge in [-0.25, -0.2) is 4.98 Å². The average molecular weight is 281 g/mol. The van der Waals surface area contributed by atoms with Crippen LogP contribution >= 0.6 is 0 Å². The Hall–Kier alpha value is -2.38. The Kier molecular flexibility index (Phi) is 5.74. The molecule has 108 valence electrons. The molecule has 1 heterocycles. The molecule has 0 amide bonds. The van der Waals surface area contributed by atoms with Crippen LogP contribution in [0.4, 0.5) is 5.69 Å². The van der Waals surface area contributed by atoms with Gasteiger partial charge in [-0.05, 0) is 31.0 Å². The van der Waals surface area contributed by atoms with Gasteiger partial charge < -0.3 is 10.1 Å². The highest BCUT2D eigenvalue weighted by Crippen LogP contribution is 2.16. The highest BCUT2D eigenvalue weighted by Gasteiger charge is 2.04. The van der Waals surface area contributed by atoms with E-state index < -0.39 is 0 Å². The van der Waals surface area contributed by atoms with Crippen molar-refractivity contribution < 1.29 is 4.74 Å². The molecule has 0 bridgehead atoms. The maximum absolute atomic E-state index is 8.78. The smallest absolute Gasteiger partial charge is 0.142 e. The molecule has 0 aliphatic rings. The molecule has 0 spiro atoms. The van der Waals surface area contributed by atoms with E-state index in [1.807, 2.05) is 30.3 Å². The van der Waals surface area contributed by atoms with Gasteiger partial charge in [-0.2, -0.15) is 5.26 Å². The number of pyridine rings is 1. The van der Waals surface area contributed by atoms with Crippen molar-refractivity contribution >= 4 is 5.69 Å². The van der Waals surface area contributed by atoms with Crippen molar-refractivity contribution in [1.82, 2.24) is 4.98 Å². The summed E-state index contributed by atoms with van der Waals surface area (Å²) in [6.07, 6.45) is 2.65. The van der Waals surface area contributed by atoms with Crippen LogP contribution in [0.5, 0.6) is 0 Å². The van der Waals surface area contributed by atoms with Crippen molar-refractivity contribution in [2.75, 3.05) is 18.5 Å². The maximum atomic E-state index is 8.78. The predicted octanol–water partition coefficient (Wildman–Crippen LogP) is 3.53. The molecule has 0 saturated carbocycles. The number of ether oxygens (including phenoxy) is 1. The Bertz CT molecular complexity index is 592. The van der Waals surface area contributed by atoms with E-state index in [2.05, 4.69) is 29.4 Å². The summed E-state index contributed by atoms with van der Waals surface area (Å²) in [5.41, 5.74) is 2.53. The van der Waals surface area contributed by atoms with Gasteiger partial charge >= 0.3 is 0 Å². The minimum absolute atomic E-state index is 0.109. The lowest BCUT2D eigenvalue weighted by Crippen LogP contribution is -2.08. The molecule has 1 aromatic carbocycles. The molecule has 0 aliphatic carbocycles. The molecule has 0 fully saturated rings. The molecule has 0 unspecified atom stereocenters. The molecule has 0 saturated heterocycles. The first-order chi connectivity index (χ1) is 10.3. The number of hydrogen-bond acceptors (Lipinski definition) is 4. The molecular weight excluding hydrogens is 262 g/mol. The molecule has 1 N–H and O–H groups in total. The fraction of sp³-hybridized carbons (Fsp3) is 0.294. The highest BCUT2D eigenvalue weighted by atomic mass is 16.5. The number of hydrogen-bond donors (Lipinski definition) is 1. The summed E-state index contributed by atoms with van der Waals surface area (Å²) in [4.78, 5) is 3.93. The van der Waals surface area contributed by atoms with E-state index in [1.165, 1.54) is 5.56 Å². The number of anilines is 1. The van der Waals surface area contributed by atoms with E-state index in [4.69, 9.17) is 10.00 Å². The fourth-order valence-electron chi connectivity index (χ4n) is 1.99. The van der Waals surface area contributed by atoms with Gasteiger partial charge in [-0.15, -0.1) is 0 Å². The maximum Gasteiger partial charge on any atom is 0.142 e. The van der Waals surface area contributed by atoms with Gasteiger partial charge in [-0.3, -0.25) is 0 Å². The zero-order valence-corrected chi connectivity index (χ0v) is 12.1. The molecule has 2 aromatic rings. The van der Waals surface area contributed by atoms with Crippen LogP contribution in [0.25, 0.3) is 0 Å². The number of aromatic nitrogens is 1. The molecule has 1 atom stereocenters. The summed E-state index contributed by atoms with van der Waals surface area (Å²) in [6, 6.07) is 15.8. The Morgan fingerprint density at radius 2 is 2.10 bits per heavy atom. The minimum atomic E-state index is 0.109. The first-order valence-corrected chi connectivity index (χ1v) is 7.06. The lowest BCUT2D eigenvalue weighted by Gasteiger charge is -2.13. The summed E-state index contributed by atoms with van der Waals surface area (Å²) in [6.45, 7) is 3.56. The van der Waals surface area contributed by atoms with E-state index in [0.717, 1.165) is 18.7 Å². The zero-order chi connectivity index (χ0) is 14.9. The average Bonchev–Trinajstić information content (AvgIpc) is 2.55. The number of nitriles is 1. The standard InChI is InChI=1S/C17H19N3O/c1-14(15-6-3-2-4-7-15)21-11-5-9-19-16-8-10-20-17(12-16)13-18/h2-4,6-8,10,12,14H,5,9,11H2,1H3,(H,19,20)/t14-/m1/s1. The molecule has 4 heteroatoms. The Balaban J connectivity index is 1.67. The van der Waals surface area contributed by atoms with Crippen molar-refractivity contribution in [2.24, 2.45) is 0 Å². The minimum Gasteiger partial charge on any atom is -0.385 e. The second-order valence-corrected chi connectivity index (χ2v) is 4.75. The van der Waals surface area contributed by atoms with Crippen molar-refractivity contribution in [2.45, 2.75) is 19.4 Å². The first-order valence-electron chi connectivity index (χ1n) is 7.06. The summed E-state index contributed by atoms with van der Waals surface area (Å²) in [7, 11) is 0. The Morgan fingerprint density at radius 3 is 2.86 bits per heavy atom. The van der Waals surface area contributed by atoms with Gasteiger partial charge in [0.25, 0.3) is 0 Å². The van der Waals surface area contributed by atoms with Crippen LogP contribution in [-0.4, -0.2) is 18.1 Å². The van der Waals surface area contributed by atoms with Crippen LogP contribution in [-0.2, 0) is 4.74 Å². The third-order valence-corrected chi connectivity index (χ3v) is 3.16. The SMILES string of the molecule is C[C@@H](OCCCNc1ccnc(C#N)c1)c1ccccc1. The Morgan fingerprint density at radius 1 is 1.29 bits per heavy atom. The molecule has 0 radical (unpaired) electrons. The summed E-state index contributed by atoms with van der Waals surface area (Å²) in [5.74, 6) is 0. The van der Waals surface area contributed by atoms with Gasteiger partial charge in [0.2, 0.25) is 0 Å². The van der Waals surface area contributed by atoms with E-state index in [-0.39, 0.29) is 6.10 Å². The lowest BCUT2D eigenvalue weighted by atomic mass is 10.1. The largest absolute Gasteiger partial charge is 0.385 e. The number of nitrogens with one attached hydrogen (secondary N) is 1. The lowest BCUT2D eigenvalue weighted by molar-refractivity contribution is 0.0656. The van der Waals surface area contributed by atoms with Gasteiger partial charge in [0.05, 0.1) is 6.10 Å². The first kappa shape index (κ1) is 15.0. The molecule has 1 aromatic heterocycles. The van der Waals surface area contributed by atoms with Crippen molar-refractivity contribution in [3.05, 3.63) is 59.9 Å². The third kappa shape index (κ3) is 4.90. The second-order valence-electron chi connectivity index (χ2n) is 4.75. The van der Waals surface area contributed by atoms with E-state index in [9.17, 15) is 0 Å². The quantitative estimate of drug-likeness (QED) is 0.789. The van der Waals surface area contributed by atoms with Gasteiger partial charge in [-0.1, -0.05) is 30.3 Å². The normalized spacial score (nSPS) is 11.6. The third-order valence-electron chi connectivity index (χ3n) is 3.16. The topological polar surface area (TPSA) is 57.9 Å². The van der Waals surface area contributed by atoms with Crippen LogP contribution in [0, 0.1) is 11.3 Å². The molecule has 21 heavy (non-hydrogen) atoms. The molecular formula is C17H19N3O. The predicted molar refractivity (Wildman–Crippen MR) is 82.9 cm³/mol. The van der Waals surface area contributed by atoms with Crippen LogP contribution in [0.2, 0.25) is 0 Å². The van der Waals surface area contributed by atoms with Crippen LogP contribution in [0.3, 0.4) is 0 Å². The van der Waals surface area contributed by atoms with Crippen molar-refractivity contribution in [3.63, 3.8) is 0 Å². The van der Waals surface area contributed by atoms with E-state index >= 15 is 0 Å². The van der Waals surface area contributed by atoms with Gasteiger partial charge in [0, 0.05) is 25.0 Å². The van der Waals surface area contributed by atoms with Gasteiger partial charge in [0.15, 0.2) is 0 Å². The summed E-state index contributed by atoms with van der Waals surface area (Å²) in [5, 5.41) is 12.0. The fourth-order valence-corrected chi connectivity index (χ4v) is 1.99. The second kappa shape index (κ2) is 8.03. The number of benzene rings is 1.